The minimum atomic E-state index is -0.522. The predicted octanol–water partition coefficient (Wildman–Crippen LogP) is 1.15. The molecule has 0 radical (unpaired) electrons. The average molecular weight is 242 g/mol. The Bertz CT molecular complexity index is 344. The van der Waals surface area contributed by atoms with Crippen LogP contribution in [0.15, 0.2) is 0 Å². The molecule has 2 N–H and O–H groups in total. The van der Waals surface area contributed by atoms with Crippen molar-refractivity contribution in [3.63, 3.8) is 0 Å². The van der Waals surface area contributed by atoms with Crippen LogP contribution in [-0.4, -0.2) is 36.0 Å². The maximum atomic E-state index is 11.4. The summed E-state index contributed by atoms with van der Waals surface area (Å²) < 4.78 is 10.2. The first-order chi connectivity index (χ1) is 7.81. The predicted molar refractivity (Wildman–Crippen MR) is 59.6 cm³/mol. The Morgan fingerprint density at radius 3 is 2.76 bits per heavy atom. The molecule has 96 valence electrons. The third-order valence-corrected chi connectivity index (χ3v) is 2.84. The molecule has 6 heteroatoms. The number of cyclic esters (lactones) is 1. The van der Waals surface area contributed by atoms with Crippen LogP contribution >= 0.6 is 0 Å². The minimum absolute atomic E-state index is 0.244. The molecule has 1 atom stereocenters. The second-order valence-corrected chi connectivity index (χ2v) is 5.56. The van der Waals surface area contributed by atoms with E-state index < -0.39 is 17.8 Å². The summed E-state index contributed by atoms with van der Waals surface area (Å²) in [7, 11) is 0. The summed E-state index contributed by atoms with van der Waals surface area (Å²) in [5, 5.41) is 5.39. The zero-order valence-corrected chi connectivity index (χ0v) is 10.3. The number of hydrogen-bond donors (Lipinski definition) is 2. The van der Waals surface area contributed by atoms with Crippen LogP contribution in [0, 0.1) is 0 Å². The highest BCUT2D eigenvalue weighted by Gasteiger charge is 2.57. The molecule has 6 nitrogen and oxygen atoms in total. The van der Waals surface area contributed by atoms with Gasteiger partial charge in [-0.05, 0) is 33.6 Å². The highest BCUT2D eigenvalue weighted by atomic mass is 16.6. The molecule has 1 aliphatic carbocycles. The molecule has 1 aliphatic heterocycles. The largest absolute Gasteiger partial charge is 0.444 e. The Morgan fingerprint density at radius 2 is 2.24 bits per heavy atom. The summed E-state index contributed by atoms with van der Waals surface area (Å²) in [6, 6.07) is 0. The van der Waals surface area contributed by atoms with Crippen LogP contribution in [0.5, 0.6) is 0 Å². The van der Waals surface area contributed by atoms with Crippen LogP contribution in [-0.2, 0) is 9.47 Å². The van der Waals surface area contributed by atoms with E-state index in [1.807, 2.05) is 0 Å². The van der Waals surface area contributed by atoms with E-state index in [9.17, 15) is 9.59 Å². The van der Waals surface area contributed by atoms with E-state index in [2.05, 4.69) is 10.6 Å². The van der Waals surface area contributed by atoms with Gasteiger partial charge in [0.25, 0.3) is 0 Å². The van der Waals surface area contributed by atoms with Crippen LogP contribution in [0.4, 0.5) is 9.59 Å². The van der Waals surface area contributed by atoms with Gasteiger partial charge in [0, 0.05) is 0 Å². The second-order valence-electron chi connectivity index (χ2n) is 5.56. The number of nitrogens with one attached hydrogen (secondary N) is 2. The Morgan fingerprint density at radius 1 is 1.59 bits per heavy atom. The third-order valence-electron chi connectivity index (χ3n) is 2.84. The first kappa shape index (κ1) is 12.0. The van der Waals surface area contributed by atoms with Crippen molar-refractivity contribution in [1.82, 2.24) is 10.6 Å². The van der Waals surface area contributed by atoms with Crippen LogP contribution in [0.2, 0.25) is 0 Å². The fourth-order valence-corrected chi connectivity index (χ4v) is 1.86. The van der Waals surface area contributed by atoms with Gasteiger partial charge in [-0.3, -0.25) is 0 Å². The lowest BCUT2D eigenvalue weighted by Crippen LogP contribution is -2.43. The molecule has 1 saturated heterocycles. The van der Waals surface area contributed by atoms with Crippen LogP contribution in [0.1, 0.15) is 33.6 Å². The fourth-order valence-electron chi connectivity index (χ4n) is 1.86. The molecular formula is C11H18N2O4. The molecule has 0 bridgehead atoms. The Labute approximate surface area is 100 Å². The minimum Gasteiger partial charge on any atom is -0.444 e. The summed E-state index contributed by atoms with van der Waals surface area (Å²) in [4.78, 5) is 22.5. The number of alkyl carbamates (subject to hydrolysis) is 2. The van der Waals surface area contributed by atoms with Gasteiger partial charge in [-0.2, -0.15) is 0 Å². The van der Waals surface area contributed by atoms with Gasteiger partial charge in [-0.25, -0.2) is 9.59 Å². The normalized spacial score (nSPS) is 25.1. The van der Waals surface area contributed by atoms with Crippen molar-refractivity contribution in [2.45, 2.75) is 50.9 Å². The molecule has 2 amide bonds. The van der Waals surface area contributed by atoms with Crippen molar-refractivity contribution >= 4 is 12.2 Å². The van der Waals surface area contributed by atoms with E-state index in [-0.39, 0.29) is 18.2 Å². The monoisotopic (exact) mass is 242 g/mol. The van der Waals surface area contributed by atoms with Crippen LogP contribution in [0.3, 0.4) is 0 Å². The summed E-state index contributed by atoms with van der Waals surface area (Å²) in [6.07, 6.45) is 0.621. The Kier molecular flexibility index (Phi) is 2.67. The van der Waals surface area contributed by atoms with Gasteiger partial charge in [0.1, 0.15) is 11.7 Å². The maximum absolute atomic E-state index is 11.4. The van der Waals surface area contributed by atoms with Crippen molar-refractivity contribution in [2.75, 3.05) is 6.54 Å². The molecule has 0 aromatic heterocycles. The van der Waals surface area contributed by atoms with Crippen molar-refractivity contribution in [2.24, 2.45) is 0 Å². The van der Waals surface area contributed by atoms with Gasteiger partial charge in [0.15, 0.2) is 0 Å². The van der Waals surface area contributed by atoms with E-state index in [1.165, 1.54) is 0 Å². The van der Waals surface area contributed by atoms with Crippen molar-refractivity contribution in [3.8, 4) is 0 Å². The SMILES string of the molecule is CC(C)(C)OC(=O)NCC1OC(=O)NC12CC2. The summed E-state index contributed by atoms with van der Waals surface area (Å²) >= 11 is 0. The lowest BCUT2D eigenvalue weighted by molar-refractivity contribution is 0.0486. The van der Waals surface area contributed by atoms with Crippen LogP contribution in [0.25, 0.3) is 0 Å². The summed E-state index contributed by atoms with van der Waals surface area (Å²) in [5.41, 5.74) is -0.766. The Hall–Kier alpha value is -1.46. The van der Waals surface area contributed by atoms with E-state index in [1.54, 1.807) is 20.8 Å². The zero-order chi connectivity index (χ0) is 12.7. The fraction of sp³-hybridized carbons (Fsp3) is 0.818. The van der Waals surface area contributed by atoms with E-state index in [0.29, 0.717) is 0 Å². The van der Waals surface area contributed by atoms with Gasteiger partial charge in [0.05, 0.1) is 12.1 Å². The smallest absolute Gasteiger partial charge is 0.408 e. The van der Waals surface area contributed by atoms with Crippen LogP contribution < -0.4 is 10.6 Å². The zero-order valence-electron chi connectivity index (χ0n) is 10.3. The van der Waals surface area contributed by atoms with Gasteiger partial charge in [0.2, 0.25) is 0 Å². The van der Waals surface area contributed by atoms with Crippen molar-refractivity contribution in [3.05, 3.63) is 0 Å². The first-order valence-corrected chi connectivity index (χ1v) is 5.76. The molecule has 0 aromatic carbocycles. The second kappa shape index (κ2) is 3.78. The van der Waals surface area contributed by atoms with Gasteiger partial charge in [-0.1, -0.05) is 0 Å². The van der Waals surface area contributed by atoms with Gasteiger partial charge >= 0.3 is 12.2 Å². The highest BCUT2D eigenvalue weighted by molar-refractivity contribution is 5.73. The average Bonchev–Trinajstić information content (AvgIpc) is 2.81. The number of rotatable bonds is 2. The van der Waals surface area contributed by atoms with Gasteiger partial charge < -0.3 is 20.1 Å². The van der Waals surface area contributed by atoms with Crippen molar-refractivity contribution in [1.29, 1.82) is 0 Å². The maximum Gasteiger partial charge on any atom is 0.408 e. The summed E-state index contributed by atoms with van der Waals surface area (Å²) in [6.45, 7) is 5.68. The number of ether oxygens (including phenoxy) is 2. The van der Waals surface area contributed by atoms with E-state index >= 15 is 0 Å². The van der Waals surface area contributed by atoms with E-state index in [4.69, 9.17) is 9.47 Å². The van der Waals surface area contributed by atoms with Crippen molar-refractivity contribution < 1.29 is 19.1 Å². The number of amides is 2. The molecule has 2 fully saturated rings. The lowest BCUT2D eigenvalue weighted by Gasteiger charge is -2.21. The molecule has 1 saturated carbocycles. The Balaban J connectivity index is 1.79. The molecule has 2 aliphatic rings. The molecule has 1 spiro atoms. The molecule has 2 rings (SSSR count). The molecule has 0 aromatic rings. The molecule has 1 heterocycles. The lowest BCUT2D eigenvalue weighted by atomic mass is 10.1. The standard InChI is InChI=1S/C11H18N2O4/c1-10(2,3)17-8(14)12-6-7-11(4-5-11)13-9(15)16-7/h7H,4-6H2,1-3H3,(H,12,14)(H,13,15). The topological polar surface area (TPSA) is 76.7 Å². The van der Waals surface area contributed by atoms with E-state index in [0.717, 1.165) is 12.8 Å². The number of carbonyl (C=O) groups is 2. The first-order valence-electron chi connectivity index (χ1n) is 5.76. The number of hydrogen-bond acceptors (Lipinski definition) is 4. The molecule has 1 unspecified atom stereocenters. The number of carbonyl (C=O) groups excluding carboxylic acids is 2. The van der Waals surface area contributed by atoms with Gasteiger partial charge in [-0.15, -0.1) is 0 Å². The quantitative estimate of drug-likeness (QED) is 0.761. The third kappa shape index (κ3) is 2.81. The highest BCUT2D eigenvalue weighted by Crippen LogP contribution is 2.43. The molecular weight excluding hydrogens is 224 g/mol. The molecule has 17 heavy (non-hydrogen) atoms. The summed E-state index contributed by atoms with van der Waals surface area (Å²) in [5.74, 6) is 0.